The van der Waals surface area contributed by atoms with Crippen LogP contribution >= 0.6 is 0 Å². The lowest BCUT2D eigenvalue weighted by molar-refractivity contribution is -0.121. The summed E-state index contributed by atoms with van der Waals surface area (Å²) in [4.78, 5) is 22.9. The summed E-state index contributed by atoms with van der Waals surface area (Å²) >= 11 is 0. The molecule has 0 bridgehead atoms. The van der Waals surface area contributed by atoms with E-state index in [9.17, 15) is 9.59 Å². The Morgan fingerprint density at radius 1 is 1.42 bits per heavy atom. The van der Waals surface area contributed by atoms with Crippen LogP contribution in [0, 0.1) is 0 Å². The molecule has 6 nitrogen and oxygen atoms in total. The van der Waals surface area contributed by atoms with Crippen molar-refractivity contribution in [3.8, 4) is 0 Å². The van der Waals surface area contributed by atoms with Crippen LogP contribution in [0.3, 0.4) is 0 Å². The van der Waals surface area contributed by atoms with Crippen molar-refractivity contribution in [1.82, 2.24) is 5.32 Å². The lowest BCUT2D eigenvalue weighted by atomic mass is 10.1. The first-order chi connectivity index (χ1) is 8.99. The molecule has 1 unspecified atom stereocenters. The van der Waals surface area contributed by atoms with Crippen molar-refractivity contribution in [2.24, 2.45) is 0 Å². The third kappa shape index (κ3) is 3.87. The van der Waals surface area contributed by atoms with Gasteiger partial charge < -0.3 is 21.1 Å². The number of nitrogens with two attached hydrogens (primary N) is 1. The van der Waals surface area contributed by atoms with Crippen molar-refractivity contribution >= 4 is 23.3 Å². The summed E-state index contributed by atoms with van der Waals surface area (Å²) in [5.41, 5.74) is 7.22. The molecule has 4 N–H and O–H groups in total. The molecule has 0 aliphatic heterocycles. The molecule has 0 aliphatic carbocycles. The van der Waals surface area contributed by atoms with Gasteiger partial charge >= 0.3 is 5.97 Å². The Labute approximate surface area is 112 Å². The average Bonchev–Trinajstić information content (AvgIpc) is 2.40. The Kier molecular flexibility index (Phi) is 5.17. The fourth-order valence-corrected chi connectivity index (χ4v) is 1.55. The molecule has 6 heteroatoms. The fourth-order valence-electron chi connectivity index (χ4n) is 1.55. The molecule has 104 valence electrons. The van der Waals surface area contributed by atoms with Gasteiger partial charge in [-0.25, -0.2) is 4.79 Å². The van der Waals surface area contributed by atoms with Gasteiger partial charge in [0.15, 0.2) is 0 Å². The summed E-state index contributed by atoms with van der Waals surface area (Å²) in [6.07, 6.45) is 0. The molecule has 0 radical (unpaired) electrons. The first-order valence-corrected chi connectivity index (χ1v) is 6.04. The zero-order valence-corrected chi connectivity index (χ0v) is 11.3. The second-order valence-corrected chi connectivity index (χ2v) is 4.00. The number of carbonyl (C=O) groups is 2. The summed E-state index contributed by atoms with van der Waals surface area (Å²) in [6.45, 7) is 3.77. The molecule has 0 aliphatic rings. The number of hydrogen-bond donors (Lipinski definition) is 3. The number of nitrogen functional groups attached to an aromatic ring is 1. The maximum atomic E-state index is 11.5. The number of carbonyl (C=O) groups excluding carboxylic acids is 2. The molecule has 19 heavy (non-hydrogen) atoms. The summed E-state index contributed by atoms with van der Waals surface area (Å²) < 4.78 is 4.88. The number of likely N-dealkylation sites (N-methyl/N-ethyl adjacent to an activating group) is 1. The first-order valence-electron chi connectivity index (χ1n) is 6.04. The van der Waals surface area contributed by atoms with Crippen LogP contribution in [-0.4, -0.2) is 31.6 Å². The van der Waals surface area contributed by atoms with Gasteiger partial charge in [-0.3, -0.25) is 4.79 Å². The highest BCUT2D eigenvalue weighted by molar-refractivity contribution is 5.92. The lowest BCUT2D eigenvalue weighted by Crippen LogP contribution is -2.35. The molecule has 0 saturated carbocycles. The van der Waals surface area contributed by atoms with Crippen LogP contribution in [0.5, 0.6) is 0 Å². The summed E-state index contributed by atoms with van der Waals surface area (Å²) in [5.74, 6) is -0.561. The average molecular weight is 265 g/mol. The Hall–Kier alpha value is -2.24. The molecule has 0 aromatic heterocycles. The van der Waals surface area contributed by atoms with Gasteiger partial charge in [0.2, 0.25) is 5.91 Å². The van der Waals surface area contributed by atoms with Gasteiger partial charge in [-0.05, 0) is 32.0 Å². The van der Waals surface area contributed by atoms with Crippen molar-refractivity contribution in [1.29, 1.82) is 0 Å². The van der Waals surface area contributed by atoms with Gasteiger partial charge in [-0.1, -0.05) is 0 Å². The minimum Gasteiger partial charge on any atom is -0.462 e. The molecule has 0 fully saturated rings. The highest BCUT2D eigenvalue weighted by atomic mass is 16.5. The van der Waals surface area contributed by atoms with E-state index in [4.69, 9.17) is 10.5 Å². The molecule has 1 aromatic rings. The van der Waals surface area contributed by atoms with Gasteiger partial charge in [0.05, 0.1) is 23.5 Å². The van der Waals surface area contributed by atoms with Crippen LogP contribution in [0.1, 0.15) is 24.2 Å². The van der Waals surface area contributed by atoms with Crippen LogP contribution < -0.4 is 16.4 Å². The second kappa shape index (κ2) is 6.63. The van der Waals surface area contributed by atoms with Crippen molar-refractivity contribution in [2.75, 3.05) is 24.7 Å². The van der Waals surface area contributed by atoms with Crippen molar-refractivity contribution in [2.45, 2.75) is 19.9 Å². The zero-order chi connectivity index (χ0) is 14.4. The smallest absolute Gasteiger partial charge is 0.338 e. The van der Waals surface area contributed by atoms with E-state index >= 15 is 0 Å². The van der Waals surface area contributed by atoms with Crippen LogP contribution in [0.15, 0.2) is 18.2 Å². The number of benzene rings is 1. The largest absolute Gasteiger partial charge is 0.462 e. The van der Waals surface area contributed by atoms with Crippen LogP contribution in [0.2, 0.25) is 0 Å². The number of nitrogens with one attached hydrogen (secondary N) is 2. The number of ether oxygens (including phenoxy) is 1. The standard InChI is InChI=1S/C13H19N3O3/c1-4-19-13(18)9-5-6-11(10(14)7-9)16-8(2)12(17)15-3/h5-8,16H,4,14H2,1-3H3,(H,15,17). The number of amides is 1. The Bertz CT molecular complexity index is 474. The molecule has 0 spiro atoms. The van der Waals surface area contributed by atoms with Crippen molar-refractivity contribution < 1.29 is 14.3 Å². The summed E-state index contributed by atoms with van der Waals surface area (Å²) in [7, 11) is 1.56. The number of anilines is 2. The van der Waals surface area contributed by atoms with Crippen molar-refractivity contribution in [3.63, 3.8) is 0 Å². The quantitative estimate of drug-likeness (QED) is 0.545. The predicted octanol–water partition coefficient (Wildman–Crippen LogP) is 0.992. The van der Waals surface area contributed by atoms with Crippen LogP contribution in [0.4, 0.5) is 11.4 Å². The fraction of sp³-hybridized carbons (Fsp3) is 0.385. The maximum Gasteiger partial charge on any atom is 0.338 e. The van der Waals surface area contributed by atoms with Crippen LogP contribution in [0.25, 0.3) is 0 Å². The van der Waals surface area contributed by atoms with E-state index in [1.165, 1.54) is 6.07 Å². The molecule has 0 saturated heterocycles. The molecule has 0 heterocycles. The predicted molar refractivity (Wildman–Crippen MR) is 74.0 cm³/mol. The molecular weight excluding hydrogens is 246 g/mol. The minimum absolute atomic E-state index is 0.145. The van der Waals surface area contributed by atoms with Gasteiger partial charge in [-0.15, -0.1) is 0 Å². The molecule has 1 aromatic carbocycles. The van der Waals surface area contributed by atoms with E-state index in [-0.39, 0.29) is 5.91 Å². The van der Waals surface area contributed by atoms with Crippen molar-refractivity contribution in [3.05, 3.63) is 23.8 Å². The number of hydrogen-bond acceptors (Lipinski definition) is 5. The van der Waals surface area contributed by atoms with E-state index in [2.05, 4.69) is 10.6 Å². The Balaban J connectivity index is 2.83. The van der Waals surface area contributed by atoms with E-state index < -0.39 is 12.0 Å². The van der Waals surface area contributed by atoms with Gasteiger partial charge in [-0.2, -0.15) is 0 Å². The summed E-state index contributed by atoms with van der Waals surface area (Å²) in [6, 6.07) is 4.37. The summed E-state index contributed by atoms with van der Waals surface area (Å²) in [5, 5.41) is 5.50. The normalized spacial score (nSPS) is 11.5. The number of esters is 1. The lowest BCUT2D eigenvalue weighted by Gasteiger charge is -2.15. The molecule has 1 amide bonds. The Morgan fingerprint density at radius 2 is 2.11 bits per heavy atom. The maximum absolute atomic E-state index is 11.5. The highest BCUT2D eigenvalue weighted by Gasteiger charge is 2.13. The molecule has 1 atom stereocenters. The monoisotopic (exact) mass is 265 g/mol. The van der Waals surface area contributed by atoms with Crippen LogP contribution in [-0.2, 0) is 9.53 Å². The zero-order valence-electron chi connectivity index (χ0n) is 11.3. The molecular formula is C13H19N3O3. The SMILES string of the molecule is CCOC(=O)c1ccc(NC(C)C(=O)NC)c(N)c1. The molecule has 1 rings (SSSR count). The first kappa shape index (κ1) is 14.8. The number of rotatable bonds is 5. The van der Waals surface area contributed by atoms with E-state index in [1.807, 2.05) is 0 Å². The topological polar surface area (TPSA) is 93.4 Å². The van der Waals surface area contributed by atoms with E-state index in [1.54, 1.807) is 33.0 Å². The van der Waals surface area contributed by atoms with E-state index in [0.717, 1.165) is 0 Å². The minimum atomic E-state index is -0.417. The van der Waals surface area contributed by atoms with E-state index in [0.29, 0.717) is 23.5 Å². The third-order valence-corrected chi connectivity index (χ3v) is 2.57. The third-order valence-electron chi connectivity index (χ3n) is 2.57. The highest BCUT2D eigenvalue weighted by Crippen LogP contribution is 2.21. The second-order valence-electron chi connectivity index (χ2n) is 4.00. The van der Waals surface area contributed by atoms with Gasteiger partial charge in [0.1, 0.15) is 6.04 Å². The van der Waals surface area contributed by atoms with Gasteiger partial charge in [0, 0.05) is 7.05 Å². The Morgan fingerprint density at radius 3 is 2.63 bits per heavy atom. The van der Waals surface area contributed by atoms with Gasteiger partial charge in [0.25, 0.3) is 0 Å².